The van der Waals surface area contributed by atoms with E-state index in [1.807, 2.05) is 43.3 Å². The number of halogens is 1. The number of hydrazine groups is 1. The van der Waals surface area contributed by atoms with Gasteiger partial charge >= 0.3 is 0 Å². The molecule has 0 spiro atoms. The van der Waals surface area contributed by atoms with Crippen LogP contribution in [0, 0.1) is 0 Å². The molecule has 2 atom stereocenters. The Kier molecular flexibility index (Phi) is 5.15. The van der Waals surface area contributed by atoms with Crippen LogP contribution in [0.15, 0.2) is 51.6 Å². The van der Waals surface area contributed by atoms with E-state index in [0.29, 0.717) is 6.61 Å². The van der Waals surface area contributed by atoms with E-state index < -0.39 is 0 Å². The van der Waals surface area contributed by atoms with Gasteiger partial charge in [-0.3, -0.25) is 5.84 Å². The monoisotopic (exact) mass is 324 g/mol. The highest BCUT2D eigenvalue weighted by molar-refractivity contribution is 9.10. The number of nitrogens with one attached hydrogen (secondary N) is 1. The number of nitrogens with two attached hydrogens (primary N) is 1. The maximum atomic E-state index is 5.84. The first-order chi connectivity index (χ1) is 9.27. The highest BCUT2D eigenvalue weighted by Crippen LogP contribution is 2.35. The van der Waals surface area contributed by atoms with Crippen LogP contribution in [0.25, 0.3) is 0 Å². The molecular formula is C14H17BrN2O2. The van der Waals surface area contributed by atoms with Gasteiger partial charge in [-0.1, -0.05) is 30.3 Å². The first-order valence-electron chi connectivity index (χ1n) is 6.13. The van der Waals surface area contributed by atoms with Crippen LogP contribution >= 0.6 is 15.9 Å². The van der Waals surface area contributed by atoms with Gasteiger partial charge in [0.15, 0.2) is 0 Å². The van der Waals surface area contributed by atoms with Crippen molar-refractivity contribution in [1.82, 2.24) is 5.43 Å². The fourth-order valence-electron chi connectivity index (χ4n) is 2.04. The lowest BCUT2D eigenvalue weighted by molar-refractivity contribution is 0.0266. The number of hydrogen-bond acceptors (Lipinski definition) is 4. The van der Waals surface area contributed by atoms with Gasteiger partial charge in [-0.05, 0) is 34.5 Å². The fourth-order valence-corrected chi connectivity index (χ4v) is 2.48. The third-order valence-electron chi connectivity index (χ3n) is 2.88. The van der Waals surface area contributed by atoms with Crippen LogP contribution in [0.2, 0.25) is 0 Å². The molecule has 0 aliphatic rings. The van der Waals surface area contributed by atoms with Crippen molar-refractivity contribution in [1.29, 1.82) is 0 Å². The van der Waals surface area contributed by atoms with Gasteiger partial charge < -0.3 is 9.15 Å². The molecule has 2 unspecified atom stereocenters. The van der Waals surface area contributed by atoms with Gasteiger partial charge in [0.1, 0.15) is 17.9 Å². The van der Waals surface area contributed by atoms with Crippen molar-refractivity contribution in [3.63, 3.8) is 0 Å². The van der Waals surface area contributed by atoms with Crippen molar-refractivity contribution in [3.05, 3.63) is 58.5 Å². The molecule has 2 rings (SSSR count). The van der Waals surface area contributed by atoms with E-state index in [2.05, 4.69) is 21.4 Å². The predicted octanol–water partition coefficient (Wildman–Crippen LogP) is 3.32. The van der Waals surface area contributed by atoms with E-state index in [1.165, 1.54) is 0 Å². The zero-order chi connectivity index (χ0) is 13.7. The SMILES string of the molecule is CCOC(c1ccccc1)C(NN)c1occc1Br. The number of furan rings is 1. The summed E-state index contributed by atoms with van der Waals surface area (Å²) in [4.78, 5) is 0. The average molecular weight is 325 g/mol. The zero-order valence-electron chi connectivity index (χ0n) is 10.7. The number of ether oxygens (including phenoxy) is 1. The van der Waals surface area contributed by atoms with Crippen LogP contribution in [-0.2, 0) is 4.74 Å². The molecule has 0 radical (unpaired) electrons. The largest absolute Gasteiger partial charge is 0.466 e. The van der Waals surface area contributed by atoms with Gasteiger partial charge in [0.2, 0.25) is 0 Å². The summed E-state index contributed by atoms with van der Waals surface area (Å²) in [5, 5.41) is 0. The summed E-state index contributed by atoms with van der Waals surface area (Å²) in [6, 6.07) is 11.5. The van der Waals surface area contributed by atoms with E-state index in [9.17, 15) is 0 Å². The first kappa shape index (κ1) is 14.3. The summed E-state index contributed by atoms with van der Waals surface area (Å²) < 4.78 is 12.2. The second-order valence-electron chi connectivity index (χ2n) is 4.06. The highest BCUT2D eigenvalue weighted by Gasteiger charge is 2.28. The Labute approximate surface area is 121 Å². The molecule has 0 aliphatic heterocycles. The van der Waals surface area contributed by atoms with Crippen LogP contribution in [0.1, 0.15) is 30.4 Å². The predicted molar refractivity (Wildman–Crippen MR) is 77.3 cm³/mol. The van der Waals surface area contributed by atoms with Crippen LogP contribution in [0.3, 0.4) is 0 Å². The molecule has 0 bridgehead atoms. The molecule has 0 fully saturated rings. The molecule has 2 aromatic rings. The van der Waals surface area contributed by atoms with Gasteiger partial charge in [0.05, 0.1) is 10.7 Å². The first-order valence-corrected chi connectivity index (χ1v) is 6.92. The van der Waals surface area contributed by atoms with Gasteiger partial charge in [-0.2, -0.15) is 0 Å². The summed E-state index contributed by atoms with van der Waals surface area (Å²) in [6.45, 7) is 2.55. The normalized spacial score (nSPS) is 14.3. The Morgan fingerprint density at radius 3 is 2.58 bits per heavy atom. The van der Waals surface area contributed by atoms with Crippen molar-refractivity contribution < 1.29 is 9.15 Å². The minimum Gasteiger partial charge on any atom is -0.466 e. The second kappa shape index (κ2) is 6.86. The van der Waals surface area contributed by atoms with Gasteiger partial charge in [0.25, 0.3) is 0 Å². The standard InChI is InChI=1S/C14H17BrN2O2/c1-2-18-13(10-6-4-3-5-7-10)12(17-16)14-11(15)8-9-19-14/h3-9,12-13,17H,2,16H2,1H3. The molecule has 4 nitrogen and oxygen atoms in total. The van der Waals surface area contributed by atoms with Crippen molar-refractivity contribution in [2.45, 2.75) is 19.1 Å². The van der Waals surface area contributed by atoms with E-state index in [4.69, 9.17) is 15.0 Å². The molecule has 0 saturated heterocycles. The lowest BCUT2D eigenvalue weighted by Gasteiger charge is -2.25. The van der Waals surface area contributed by atoms with Crippen LogP contribution < -0.4 is 11.3 Å². The minimum absolute atomic E-state index is 0.210. The molecule has 0 amide bonds. The molecule has 0 saturated carbocycles. The minimum atomic E-state index is -0.258. The fraction of sp³-hybridized carbons (Fsp3) is 0.286. The maximum absolute atomic E-state index is 5.84. The van der Waals surface area contributed by atoms with Crippen LogP contribution in [-0.4, -0.2) is 6.61 Å². The van der Waals surface area contributed by atoms with Crippen molar-refractivity contribution in [2.24, 2.45) is 5.84 Å². The molecule has 1 aromatic heterocycles. The molecule has 3 N–H and O–H groups in total. The number of rotatable bonds is 6. The number of benzene rings is 1. The summed E-state index contributed by atoms with van der Waals surface area (Å²) in [5.74, 6) is 6.42. The number of hydrogen-bond donors (Lipinski definition) is 2. The van der Waals surface area contributed by atoms with E-state index in [0.717, 1.165) is 15.8 Å². The Morgan fingerprint density at radius 2 is 2.05 bits per heavy atom. The average Bonchev–Trinajstić information content (AvgIpc) is 2.86. The third-order valence-corrected chi connectivity index (χ3v) is 3.54. The Bertz CT molecular complexity index is 501. The summed E-state index contributed by atoms with van der Waals surface area (Å²) in [5.41, 5.74) is 3.83. The van der Waals surface area contributed by atoms with Crippen molar-refractivity contribution in [2.75, 3.05) is 6.61 Å². The van der Waals surface area contributed by atoms with Crippen molar-refractivity contribution >= 4 is 15.9 Å². The molecular weight excluding hydrogens is 308 g/mol. The maximum Gasteiger partial charge on any atom is 0.139 e. The Hall–Kier alpha value is -1.14. The third kappa shape index (κ3) is 3.25. The summed E-state index contributed by atoms with van der Waals surface area (Å²) >= 11 is 3.45. The smallest absolute Gasteiger partial charge is 0.139 e. The van der Waals surface area contributed by atoms with Gasteiger partial charge in [0, 0.05) is 6.61 Å². The molecule has 1 heterocycles. The van der Waals surface area contributed by atoms with E-state index in [1.54, 1.807) is 6.26 Å². The molecule has 1 aromatic carbocycles. The molecule has 0 aliphatic carbocycles. The van der Waals surface area contributed by atoms with Crippen LogP contribution in [0.5, 0.6) is 0 Å². The quantitative estimate of drug-likeness (QED) is 0.632. The topological polar surface area (TPSA) is 60.4 Å². The van der Waals surface area contributed by atoms with Gasteiger partial charge in [-0.25, -0.2) is 5.43 Å². The van der Waals surface area contributed by atoms with Gasteiger partial charge in [-0.15, -0.1) is 0 Å². The summed E-state index contributed by atoms with van der Waals surface area (Å²) in [7, 11) is 0. The Morgan fingerprint density at radius 1 is 1.32 bits per heavy atom. The molecule has 5 heteroatoms. The lowest BCUT2D eigenvalue weighted by atomic mass is 10.0. The zero-order valence-corrected chi connectivity index (χ0v) is 12.3. The Balaban J connectivity index is 2.34. The molecule has 19 heavy (non-hydrogen) atoms. The molecule has 102 valence electrons. The van der Waals surface area contributed by atoms with Crippen molar-refractivity contribution in [3.8, 4) is 0 Å². The van der Waals surface area contributed by atoms with E-state index >= 15 is 0 Å². The van der Waals surface area contributed by atoms with E-state index in [-0.39, 0.29) is 12.1 Å². The summed E-state index contributed by atoms with van der Waals surface area (Å²) in [6.07, 6.45) is 1.41. The van der Waals surface area contributed by atoms with Crippen LogP contribution in [0.4, 0.5) is 0 Å². The highest BCUT2D eigenvalue weighted by atomic mass is 79.9. The lowest BCUT2D eigenvalue weighted by Crippen LogP contribution is -2.33. The second-order valence-corrected chi connectivity index (χ2v) is 4.92.